The molecular formula is C27H37NO7. The molecule has 1 saturated carbocycles. The van der Waals surface area contributed by atoms with Crippen LogP contribution in [0.4, 0.5) is 0 Å². The molecule has 9 atom stereocenters. The lowest BCUT2D eigenvalue weighted by Gasteiger charge is -2.59. The van der Waals surface area contributed by atoms with E-state index in [1.165, 1.54) is 0 Å². The third kappa shape index (κ3) is 4.50. The zero-order chi connectivity index (χ0) is 24.8. The molecule has 8 heteroatoms. The Balaban J connectivity index is 1.21. The number of hydrogen-bond acceptors (Lipinski definition) is 7. The molecule has 1 aliphatic carbocycles. The van der Waals surface area contributed by atoms with Crippen molar-refractivity contribution in [1.82, 2.24) is 5.32 Å². The number of esters is 1. The summed E-state index contributed by atoms with van der Waals surface area (Å²) in [6, 6.07) is 9.58. The van der Waals surface area contributed by atoms with E-state index in [1.54, 1.807) is 0 Å². The van der Waals surface area contributed by atoms with Gasteiger partial charge in [-0.3, -0.25) is 9.59 Å². The van der Waals surface area contributed by atoms with Crippen LogP contribution < -0.4 is 5.32 Å². The minimum Gasteiger partial charge on any atom is -0.435 e. The van der Waals surface area contributed by atoms with Crippen LogP contribution in [-0.2, 0) is 33.6 Å². The van der Waals surface area contributed by atoms with E-state index >= 15 is 0 Å². The lowest BCUT2D eigenvalue weighted by Crippen LogP contribution is -2.70. The van der Waals surface area contributed by atoms with E-state index in [-0.39, 0.29) is 42.5 Å². The van der Waals surface area contributed by atoms with Crippen LogP contribution in [0.1, 0.15) is 77.8 Å². The Kier molecular flexibility index (Phi) is 6.68. The Bertz CT molecular complexity index is 941. The highest BCUT2D eigenvalue weighted by molar-refractivity contribution is 5.81. The van der Waals surface area contributed by atoms with Gasteiger partial charge in [-0.2, -0.15) is 0 Å². The molecular weight excluding hydrogens is 450 g/mol. The van der Waals surface area contributed by atoms with Gasteiger partial charge in [0.1, 0.15) is 0 Å². The fourth-order valence-electron chi connectivity index (χ4n) is 6.55. The number of carbonyl (C=O) groups is 2. The first-order chi connectivity index (χ1) is 16.7. The monoisotopic (exact) mass is 487 g/mol. The van der Waals surface area contributed by atoms with Crippen LogP contribution in [-0.4, -0.2) is 35.8 Å². The number of benzene rings is 1. The maximum Gasteiger partial charge on any atom is 0.308 e. The molecule has 8 nitrogen and oxygen atoms in total. The highest BCUT2D eigenvalue weighted by Gasteiger charge is 2.69. The predicted molar refractivity (Wildman–Crippen MR) is 125 cm³/mol. The van der Waals surface area contributed by atoms with Gasteiger partial charge in [-0.25, -0.2) is 9.78 Å². The molecule has 1 aromatic carbocycles. The average Bonchev–Trinajstić information content (AvgIpc) is 3.07. The van der Waals surface area contributed by atoms with Crippen molar-refractivity contribution in [3.63, 3.8) is 0 Å². The molecule has 4 aliphatic heterocycles. The molecule has 1 amide bonds. The smallest absolute Gasteiger partial charge is 0.308 e. The van der Waals surface area contributed by atoms with Crippen molar-refractivity contribution >= 4 is 11.9 Å². The number of rotatable bonds is 6. The topological polar surface area (TPSA) is 92.3 Å². The molecule has 1 aromatic rings. The van der Waals surface area contributed by atoms with Gasteiger partial charge in [0.25, 0.3) is 0 Å². The highest BCUT2D eigenvalue weighted by atomic mass is 17.3. The van der Waals surface area contributed by atoms with Crippen LogP contribution in [0.15, 0.2) is 30.3 Å². The van der Waals surface area contributed by atoms with E-state index in [9.17, 15) is 9.59 Å². The summed E-state index contributed by atoms with van der Waals surface area (Å²) in [7, 11) is 0. The van der Waals surface area contributed by atoms with Crippen LogP contribution in [0.25, 0.3) is 0 Å². The van der Waals surface area contributed by atoms with Gasteiger partial charge in [0.15, 0.2) is 11.9 Å². The number of hydrogen-bond donors (Lipinski definition) is 1. The molecule has 35 heavy (non-hydrogen) atoms. The quantitative estimate of drug-likeness (QED) is 0.470. The molecule has 0 aromatic heterocycles. The Morgan fingerprint density at radius 3 is 2.63 bits per heavy atom. The zero-order valence-electron chi connectivity index (χ0n) is 21.0. The van der Waals surface area contributed by atoms with Crippen LogP contribution in [0, 0.1) is 23.7 Å². The molecule has 6 rings (SSSR count). The maximum absolute atomic E-state index is 12.7. The van der Waals surface area contributed by atoms with E-state index < -0.39 is 29.9 Å². The molecule has 4 saturated heterocycles. The van der Waals surface area contributed by atoms with Gasteiger partial charge in [-0.1, -0.05) is 44.2 Å². The second-order valence-corrected chi connectivity index (χ2v) is 11.0. The minimum absolute atomic E-state index is 0.0156. The van der Waals surface area contributed by atoms with Crippen LogP contribution in [0.3, 0.4) is 0 Å². The van der Waals surface area contributed by atoms with Gasteiger partial charge in [0.2, 0.25) is 18.0 Å². The van der Waals surface area contributed by atoms with E-state index in [0.29, 0.717) is 5.92 Å². The second kappa shape index (κ2) is 9.47. The van der Waals surface area contributed by atoms with Crippen molar-refractivity contribution < 1.29 is 33.6 Å². The van der Waals surface area contributed by atoms with Gasteiger partial charge in [0.05, 0.1) is 12.5 Å². The normalized spacial score (nSPS) is 40.8. The lowest BCUT2D eigenvalue weighted by molar-refractivity contribution is -0.576. The van der Waals surface area contributed by atoms with Crippen molar-refractivity contribution in [2.24, 2.45) is 23.7 Å². The Morgan fingerprint density at radius 2 is 1.86 bits per heavy atom. The standard InChI is InChI=1S/C27H37NO7/c1-16-10-11-21-17(2)24(32-25-27(21)20(16)14-15-26(4,33-25)34-35-27)31-23(30)13-12-22(29)28-18(3)19-8-6-5-7-9-19/h5-9,16-18,20-21,24-25H,10-15H2,1-4H3,(H,28,29)/t16-,17-,18?,20+,21+,24-,25-,26+,27?/m1/s1. The summed E-state index contributed by atoms with van der Waals surface area (Å²) in [4.78, 5) is 37.1. The van der Waals surface area contributed by atoms with Crippen LogP contribution >= 0.6 is 0 Å². The average molecular weight is 488 g/mol. The number of carbonyl (C=O) groups excluding carboxylic acids is 2. The second-order valence-electron chi connectivity index (χ2n) is 11.0. The first-order valence-corrected chi connectivity index (χ1v) is 13.0. The van der Waals surface area contributed by atoms with Crippen molar-refractivity contribution in [3.05, 3.63) is 35.9 Å². The molecule has 2 unspecified atom stereocenters. The van der Waals surface area contributed by atoms with Gasteiger partial charge in [-0.05, 0) is 50.5 Å². The Labute approximate surface area is 206 Å². The molecule has 4 heterocycles. The summed E-state index contributed by atoms with van der Waals surface area (Å²) >= 11 is 0. The fraction of sp³-hybridized carbons (Fsp3) is 0.704. The SMILES string of the molecule is CC(NC(=O)CCC(=O)O[C@@H]1O[C@@H]2O[C@]3(C)CC[C@H]4[C@H](C)CC[C@@H]([C@H]1C)C24OO3)c1ccccc1. The number of ether oxygens (including phenoxy) is 3. The van der Waals surface area contributed by atoms with Gasteiger partial charge in [-0.15, -0.1) is 0 Å². The number of nitrogens with one attached hydrogen (secondary N) is 1. The molecule has 1 spiro atoms. The van der Waals surface area contributed by atoms with E-state index in [4.69, 9.17) is 24.0 Å². The van der Waals surface area contributed by atoms with Gasteiger partial charge >= 0.3 is 5.97 Å². The van der Waals surface area contributed by atoms with Crippen LogP contribution in [0.5, 0.6) is 0 Å². The maximum atomic E-state index is 12.7. The highest BCUT2D eigenvalue weighted by Crippen LogP contribution is 2.60. The van der Waals surface area contributed by atoms with Crippen molar-refractivity contribution in [2.45, 2.75) is 96.2 Å². The summed E-state index contributed by atoms with van der Waals surface area (Å²) in [6.45, 7) is 8.09. The third-order valence-corrected chi connectivity index (χ3v) is 8.58. The van der Waals surface area contributed by atoms with Gasteiger partial charge < -0.3 is 19.5 Å². The lowest BCUT2D eigenvalue weighted by atomic mass is 9.58. The minimum atomic E-state index is -0.875. The summed E-state index contributed by atoms with van der Waals surface area (Å²) in [5.74, 6) is -0.812. The molecule has 0 radical (unpaired) electrons. The molecule has 192 valence electrons. The zero-order valence-corrected chi connectivity index (χ0v) is 21.0. The summed E-state index contributed by atoms with van der Waals surface area (Å²) < 4.78 is 18.4. The largest absolute Gasteiger partial charge is 0.435 e. The van der Waals surface area contributed by atoms with Crippen molar-refractivity contribution in [1.29, 1.82) is 0 Å². The molecule has 2 bridgehead atoms. The number of amides is 1. The summed E-state index contributed by atoms with van der Waals surface area (Å²) in [5.41, 5.74) is 0.322. The van der Waals surface area contributed by atoms with Gasteiger partial charge in [0, 0.05) is 24.7 Å². The third-order valence-electron chi connectivity index (χ3n) is 8.58. The first-order valence-electron chi connectivity index (χ1n) is 13.0. The van der Waals surface area contributed by atoms with Crippen LogP contribution in [0.2, 0.25) is 0 Å². The van der Waals surface area contributed by atoms with Crippen molar-refractivity contribution in [2.75, 3.05) is 0 Å². The van der Waals surface area contributed by atoms with E-state index in [2.05, 4.69) is 12.2 Å². The fourth-order valence-corrected chi connectivity index (χ4v) is 6.55. The summed E-state index contributed by atoms with van der Waals surface area (Å²) in [5, 5.41) is 2.93. The summed E-state index contributed by atoms with van der Waals surface area (Å²) in [6.07, 6.45) is 2.30. The molecule has 5 fully saturated rings. The van der Waals surface area contributed by atoms with Crippen molar-refractivity contribution in [3.8, 4) is 0 Å². The number of fused-ring (bicyclic) bond motifs is 2. The molecule has 5 aliphatic rings. The predicted octanol–water partition coefficient (Wildman–Crippen LogP) is 4.40. The Morgan fingerprint density at radius 1 is 1.09 bits per heavy atom. The Hall–Kier alpha value is -2.00. The van der Waals surface area contributed by atoms with E-state index in [0.717, 1.165) is 31.2 Å². The first kappa shape index (κ1) is 24.7. The van der Waals surface area contributed by atoms with E-state index in [1.807, 2.05) is 51.1 Å². The molecule has 1 N–H and O–H groups in total.